The van der Waals surface area contributed by atoms with Gasteiger partial charge in [-0.1, -0.05) is 0 Å². The van der Waals surface area contributed by atoms with Crippen molar-refractivity contribution < 1.29 is 5.11 Å². The Morgan fingerprint density at radius 1 is 1.13 bits per heavy atom. The zero-order valence-corrected chi connectivity index (χ0v) is 18.0. The lowest BCUT2D eigenvalue weighted by atomic mass is 9.79. The Balaban J connectivity index is 1.54. The Bertz CT molecular complexity index is 998. The SMILES string of the molecule is CN(c1ncc(-c2ccc(-n3cncn3)cc2O)nn1)C1CC(C)(C)NC(C)(C)C1. The topological polar surface area (TPSA) is 105 Å². The van der Waals surface area contributed by atoms with Crippen LogP contribution in [-0.2, 0) is 0 Å². The molecule has 0 saturated carbocycles. The first-order chi connectivity index (χ1) is 14.1. The lowest BCUT2D eigenvalue weighted by Gasteiger charge is -2.48. The maximum atomic E-state index is 10.5. The number of phenolic OH excluding ortho intramolecular Hbond substituents is 1. The van der Waals surface area contributed by atoms with Crippen LogP contribution in [0.3, 0.4) is 0 Å². The summed E-state index contributed by atoms with van der Waals surface area (Å²) in [6, 6.07) is 5.54. The van der Waals surface area contributed by atoms with Crippen LogP contribution in [0.15, 0.2) is 37.1 Å². The summed E-state index contributed by atoms with van der Waals surface area (Å²) < 4.78 is 1.58. The molecule has 1 saturated heterocycles. The van der Waals surface area contributed by atoms with Crippen molar-refractivity contribution in [3.8, 4) is 22.7 Å². The van der Waals surface area contributed by atoms with Crippen molar-refractivity contribution in [2.24, 2.45) is 0 Å². The summed E-state index contributed by atoms with van der Waals surface area (Å²) in [6.07, 6.45) is 6.65. The molecular formula is C21H28N8O. The van der Waals surface area contributed by atoms with E-state index in [4.69, 9.17) is 0 Å². The fourth-order valence-corrected chi connectivity index (χ4v) is 4.48. The van der Waals surface area contributed by atoms with Gasteiger partial charge >= 0.3 is 0 Å². The van der Waals surface area contributed by atoms with Crippen LogP contribution < -0.4 is 10.2 Å². The molecule has 0 atom stereocenters. The maximum absolute atomic E-state index is 10.5. The minimum Gasteiger partial charge on any atom is -0.507 e. The molecule has 1 aromatic carbocycles. The summed E-state index contributed by atoms with van der Waals surface area (Å²) in [5.41, 5.74) is 1.86. The van der Waals surface area contributed by atoms with Gasteiger partial charge in [-0.2, -0.15) is 5.10 Å². The molecule has 1 aliphatic heterocycles. The van der Waals surface area contributed by atoms with Gasteiger partial charge in [-0.15, -0.1) is 10.2 Å². The van der Waals surface area contributed by atoms with Crippen LogP contribution in [0.5, 0.6) is 5.75 Å². The van der Waals surface area contributed by atoms with Crippen molar-refractivity contribution in [1.82, 2.24) is 35.3 Å². The Morgan fingerprint density at radius 3 is 2.43 bits per heavy atom. The average molecular weight is 409 g/mol. The molecule has 2 N–H and O–H groups in total. The van der Waals surface area contributed by atoms with Crippen LogP contribution in [-0.4, -0.2) is 59.2 Å². The summed E-state index contributed by atoms with van der Waals surface area (Å²) in [5.74, 6) is 0.665. The molecule has 2 aromatic heterocycles. The van der Waals surface area contributed by atoms with E-state index in [1.807, 2.05) is 13.1 Å². The average Bonchev–Trinajstić information content (AvgIpc) is 3.20. The smallest absolute Gasteiger partial charge is 0.245 e. The Kier molecular flexibility index (Phi) is 4.93. The minimum absolute atomic E-state index is 0.0334. The maximum Gasteiger partial charge on any atom is 0.245 e. The molecule has 0 radical (unpaired) electrons. The van der Waals surface area contributed by atoms with E-state index >= 15 is 0 Å². The van der Waals surface area contributed by atoms with Crippen molar-refractivity contribution in [2.75, 3.05) is 11.9 Å². The fraction of sp³-hybridized carbons (Fsp3) is 0.476. The molecule has 0 unspecified atom stereocenters. The van der Waals surface area contributed by atoms with Crippen LogP contribution in [0.25, 0.3) is 16.9 Å². The molecule has 3 heterocycles. The highest BCUT2D eigenvalue weighted by Crippen LogP contribution is 2.33. The Hall–Kier alpha value is -3.07. The van der Waals surface area contributed by atoms with Crippen molar-refractivity contribution in [3.63, 3.8) is 0 Å². The van der Waals surface area contributed by atoms with Gasteiger partial charge < -0.3 is 15.3 Å². The third kappa shape index (κ3) is 4.11. The zero-order valence-electron chi connectivity index (χ0n) is 18.0. The second kappa shape index (κ2) is 7.32. The number of nitrogens with one attached hydrogen (secondary N) is 1. The summed E-state index contributed by atoms with van der Waals surface area (Å²) >= 11 is 0. The molecule has 4 rings (SSSR count). The summed E-state index contributed by atoms with van der Waals surface area (Å²) in [4.78, 5) is 10.6. The summed E-state index contributed by atoms with van der Waals surface area (Å²) in [7, 11) is 2.02. The fourth-order valence-electron chi connectivity index (χ4n) is 4.48. The highest BCUT2D eigenvalue weighted by atomic mass is 16.3. The Labute approximate surface area is 176 Å². The minimum atomic E-state index is 0.0334. The van der Waals surface area contributed by atoms with E-state index in [2.05, 4.69) is 63.2 Å². The highest BCUT2D eigenvalue weighted by Gasteiger charge is 2.39. The van der Waals surface area contributed by atoms with Crippen LogP contribution in [0.1, 0.15) is 40.5 Å². The first kappa shape index (κ1) is 20.2. The number of hydrogen-bond donors (Lipinski definition) is 2. The number of phenols is 1. The number of anilines is 1. The van der Waals surface area contributed by atoms with Crippen LogP contribution >= 0.6 is 0 Å². The van der Waals surface area contributed by atoms with E-state index in [-0.39, 0.29) is 16.8 Å². The van der Waals surface area contributed by atoms with Crippen LogP contribution in [0, 0.1) is 0 Å². The molecule has 0 amide bonds. The van der Waals surface area contributed by atoms with Crippen molar-refractivity contribution in [3.05, 3.63) is 37.1 Å². The molecule has 0 bridgehead atoms. The predicted molar refractivity (Wildman–Crippen MR) is 115 cm³/mol. The van der Waals surface area contributed by atoms with Crippen molar-refractivity contribution in [1.29, 1.82) is 0 Å². The second-order valence-corrected chi connectivity index (χ2v) is 9.25. The molecule has 1 fully saturated rings. The number of aromatic hydroxyl groups is 1. The van der Waals surface area contributed by atoms with Gasteiger partial charge in [0.2, 0.25) is 5.95 Å². The van der Waals surface area contributed by atoms with Crippen LogP contribution in [0.2, 0.25) is 0 Å². The molecule has 0 aliphatic carbocycles. The standard InChI is InChI=1S/C21H28N8O/c1-20(2)9-15(10-21(3,4)27-20)28(5)19-23-11-17(25-26-19)16-7-6-14(8-18(16)30)29-13-22-12-24-29/h6-8,11-13,15,27,30H,9-10H2,1-5H3. The van der Waals surface area contributed by atoms with E-state index in [9.17, 15) is 5.11 Å². The van der Waals surface area contributed by atoms with Gasteiger partial charge in [-0.25, -0.2) is 14.6 Å². The first-order valence-electron chi connectivity index (χ1n) is 10.0. The lowest BCUT2D eigenvalue weighted by molar-refractivity contribution is 0.160. The molecule has 1 aliphatic rings. The van der Waals surface area contributed by atoms with Gasteiger partial charge in [0.15, 0.2) is 0 Å². The lowest BCUT2D eigenvalue weighted by Crippen LogP contribution is -2.62. The third-order valence-corrected chi connectivity index (χ3v) is 5.52. The number of hydrogen-bond acceptors (Lipinski definition) is 8. The van der Waals surface area contributed by atoms with E-state index < -0.39 is 0 Å². The van der Waals surface area contributed by atoms with Gasteiger partial charge in [0, 0.05) is 35.8 Å². The first-order valence-corrected chi connectivity index (χ1v) is 10.0. The van der Waals surface area contributed by atoms with Gasteiger partial charge in [0.1, 0.15) is 24.1 Å². The van der Waals surface area contributed by atoms with Crippen LogP contribution in [0.4, 0.5) is 5.95 Å². The molecule has 3 aromatic rings. The van der Waals surface area contributed by atoms with Crippen molar-refractivity contribution >= 4 is 5.95 Å². The highest BCUT2D eigenvalue weighted by molar-refractivity contribution is 5.68. The van der Waals surface area contributed by atoms with Gasteiger partial charge in [0.25, 0.3) is 0 Å². The number of rotatable bonds is 4. The Morgan fingerprint density at radius 2 is 1.87 bits per heavy atom. The number of piperidine rings is 1. The summed E-state index contributed by atoms with van der Waals surface area (Å²) in [6.45, 7) is 8.90. The van der Waals surface area contributed by atoms with E-state index in [0.29, 0.717) is 28.9 Å². The number of aromatic nitrogens is 6. The van der Waals surface area contributed by atoms with Gasteiger partial charge in [-0.05, 0) is 52.7 Å². The predicted octanol–water partition coefficient (Wildman–Crippen LogP) is 2.57. The second-order valence-electron chi connectivity index (χ2n) is 9.25. The monoisotopic (exact) mass is 408 g/mol. The number of nitrogens with zero attached hydrogens (tertiary/aromatic N) is 7. The largest absolute Gasteiger partial charge is 0.507 e. The summed E-state index contributed by atoms with van der Waals surface area (Å²) in [5, 5.41) is 26.9. The molecule has 9 nitrogen and oxygen atoms in total. The third-order valence-electron chi connectivity index (χ3n) is 5.52. The van der Waals surface area contributed by atoms with Gasteiger partial charge in [0.05, 0.1) is 11.9 Å². The van der Waals surface area contributed by atoms with E-state index in [1.165, 1.54) is 6.33 Å². The quantitative estimate of drug-likeness (QED) is 0.679. The molecular weight excluding hydrogens is 380 g/mol. The van der Waals surface area contributed by atoms with Crippen molar-refractivity contribution in [2.45, 2.75) is 57.7 Å². The number of benzene rings is 1. The zero-order chi connectivity index (χ0) is 21.5. The van der Waals surface area contributed by atoms with E-state index in [1.54, 1.807) is 29.3 Å². The normalized spacial score (nSPS) is 18.3. The van der Waals surface area contributed by atoms with E-state index in [0.717, 1.165) is 12.8 Å². The molecule has 0 spiro atoms. The van der Waals surface area contributed by atoms with Gasteiger partial charge in [-0.3, -0.25) is 0 Å². The molecule has 158 valence electrons. The molecule has 9 heteroatoms. The molecule has 30 heavy (non-hydrogen) atoms.